The molecule has 0 heterocycles. The number of nitrogens with zero attached hydrogens (tertiary/aromatic N) is 1. The van der Waals surface area contributed by atoms with E-state index >= 15 is 0 Å². The second kappa shape index (κ2) is 11.8. The fourth-order valence-electron chi connectivity index (χ4n) is 2.23. The van der Waals surface area contributed by atoms with Gasteiger partial charge in [0.15, 0.2) is 6.61 Å². The third-order valence-electron chi connectivity index (χ3n) is 3.40. The minimum Gasteiger partial charge on any atom is -0.551 e. The average Bonchev–Trinajstić information content (AvgIpc) is 2.59. The molecule has 0 aliphatic carbocycles. The van der Waals surface area contributed by atoms with Crippen LogP contribution >= 0.6 is 23.2 Å². The van der Waals surface area contributed by atoms with Crippen molar-refractivity contribution in [3.63, 3.8) is 0 Å². The Morgan fingerprint density at radius 1 is 1.26 bits per heavy atom. The first-order valence-electron chi connectivity index (χ1n) is 7.45. The number of carboxylic acids is 1. The molecule has 0 saturated carbocycles. The van der Waals surface area contributed by atoms with E-state index in [1.54, 1.807) is 30.7 Å². The molecule has 2 aromatic rings. The van der Waals surface area contributed by atoms with Crippen LogP contribution in [0.15, 0.2) is 47.6 Å². The molecule has 2 aromatic carbocycles. The molecule has 0 saturated heterocycles. The number of ether oxygens (including phenoxy) is 1. The molecule has 5 nitrogen and oxygen atoms in total. The van der Waals surface area contributed by atoms with Crippen molar-refractivity contribution in [1.82, 2.24) is 0 Å². The van der Waals surface area contributed by atoms with E-state index in [1.165, 1.54) is 18.3 Å². The van der Waals surface area contributed by atoms with Gasteiger partial charge in [0.25, 0.3) is 0 Å². The summed E-state index contributed by atoms with van der Waals surface area (Å²) in [6.45, 7) is 4.55. The van der Waals surface area contributed by atoms with Crippen molar-refractivity contribution in [3.05, 3.63) is 75.8 Å². The largest absolute Gasteiger partial charge is 1.00 e. The molecule has 8 heteroatoms. The third kappa shape index (κ3) is 7.50. The van der Waals surface area contributed by atoms with Gasteiger partial charge in [0, 0.05) is 15.8 Å². The summed E-state index contributed by atoms with van der Waals surface area (Å²) in [5.74, 6) is -0.697. The molecule has 0 aromatic heterocycles. The maximum absolute atomic E-state index is 10.6. The summed E-state index contributed by atoms with van der Waals surface area (Å²) in [5, 5.41) is 19.3. The molecule has 0 amide bonds. The van der Waals surface area contributed by atoms with Gasteiger partial charge in [0.2, 0.25) is 0 Å². The minimum atomic E-state index is -1.09. The number of carboxylic acid groups (broad SMARTS) is 1. The van der Waals surface area contributed by atoms with Gasteiger partial charge < -0.3 is 19.9 Å². The molecule has 27 heavy (non-hydrogen) atoms. The summed E-state index contributed by atoms with van der Waals surface area (Å²) in [4.78, 5) is 13.9. The van der Waals surface area contributed by atoms with Crippen molar-refractivity contribution >= 4 is 35.9 Å². The van der Waals surface area contributed by atoms with Gasteiger partial charge in [0.1, 0.15) is 5.75 Å². The van der Waals surface area contributed by atoms with Gasteiger partial charge in [-0.3, -0.25) is 0 Å². The van der Waals surface area contributed by atoms with E-state index in [0.29, 0.717) is 27.6 Å². The van der Waals surface area contributed by atoms with Gasteiger partial charge in [-0.2, -0.15) is 6.72 Å². The van der Waals surface area contributed by atoms with Gasteiger partial charge >= 0.3 is 57.4 Å². The predicted octanol–water partition coefficient (Wildman–Crippen LogP) is 1.40. The summed E-state index contributed by atoms with van der Waals surface area (Å²) in [5.41, 5.74) is 2.13. The van der Waals surface area contributed by atoms with Crippen LogP contribution in [0.2, 0.25) is 10.0 Å². The molecule has 0 atom stereocenters. The van der Waals surface area contributed by atoms with Crippen LogP contribution in [0.3, 0.4) is 0 Å². The molecule has 2 rings (SSSR count). The monoisotopic (exact) mass is 430 g/mol. The van der Waals surface area contributed by atoms with Gasteiger partial charge in [0.05, 0.1) is 0 Å². The maximum atomic E-state index is 10.6. The Bertz CT molecular complexity index is 833. The summed E-state index contributed by atoms with van der Waals surface area (Å²) >= 11 is 12.5. The molecule has 0 unspecified atom stereocenters. The maximum Gasteiger partial charge on any atom is 1.00 e. The summed E-state index contributed by atoms with van der Waals surface area (Å²) in [6, 6.07) is 8.15. The van der Waals surface area contributed by atoms with Crippen LogP contribution in [0.4, 0.5) is 0 Å². The number of allylic oxidation sites excluding steroid dienone is 1. The van der Waals surface area contributed by atoms with Crippen molar-refractivity contribution in [2.24, 2.45) is 4.99 Å². The molecule has 0 aliphatic rings. The predicted molar refractivity (Wildman–Crippen MR) is 102 cm³/mol. The number of benzene rings is 2. The number of phenolic OH excluding ortho intramolecular Hbond substituents is 1. The second-order valence-electron chi connectivity index (χ2n) is 5.28. The number of carbonyl (C=O) groups is 1. The van der Waals surface area contributed by atoms with Crippen molar-refractivity contribution in [1.29, 1.82) is 0 Å². The van der Waals surface area contributed by atoms with Crippen LogP contribution in [0.5, 0.6) is 11.5 Å². The van der Waals surface area contributed by atoms with Gasteiger partial charge in [-0.25, -0.2) is 4.79 Å². The third-order valence-corrected chi connectivity index (χ3v) is 4.07. The number of rotatable bonds is 8. The van der Waals surface area contributed by atoms with E-state index in [9.17, 15) is 9.90 Å². The van der Waals surface area contributed by atoms with E-state index in [1.807, 2.05) is 0 Å². The standard InChI is InChI=1S/C19H15Cl2NO4.K/c1-22-6-2-3-13-7-12(4-5-18(13)23)8-15-16(20)9-14(10-17(15)21)26-11-19(24)25;/h1-7,9-10,23H,8,11H2,(H,24,25);/q-2;+1/b6-2-;. The quantitative estimate of drug-likeness (QED) is 0.376. The van der Waals surface area contributed by atoms with E-state index in [4.69, 9.17) is 39.8 Å². The summed E-state index contributed by atoms with van der Waals surface area (Å²) in [6.07, 6.45) is 5.09. The Morgan fingerprint density at radius 2 is 1.93 bits per heavy atom. The normalized spacial score (nSPS) is 10.3. The Kier molecular flexibility index (Phi) is 10.5. The number of aromatic hydroxyl groups is 1. The Morgan fingerprint density at radius 3 is 2.52 bits per heavy atom. The molecule has 0 radical (unpaired) electrons. The Hall–Kier alpha value is -0.994. The van der Waals surface area contributed by atoms with Gasteiger partial charge in [-0.05, 0) is 24.1 Å². The number of aliphatic carboxylic acids is 1. The topological polar surface area (TPSA) is 79.1 Å². The van der Waals surface area contributed by atoms with Gasteiger partial charge in [-0.15, -0.1) is 24.1 Å². The fraction of sp³-hybridized carbons (Fsp3) is 0.105. The summed E-state index contributed by atoms with van der Waals surface area (Å²) < 4.78 is 5.09. The minimum absolute atomic E-state index is 0. The molecule has 0 bridgehead atoms. The van der Waals surface area contributed by atoms with Crippen LogP contribution in [-0.4, -0.2) is 29.5 Å². The number of phenols is 1. The molecule has 0 fully saturated rings. The summed E-state index contributed by atoms with van der Waals surface area (Å²) in [7, 11) is 0. The first-order valence-corrected chi connectivity index (χ1v) is 8.20. The number of hydrogen-bond donors (Lipinski definition) is 2. The first-order chi connectivity index (χ1) is 12.4. The van der Waals surface area contributed by atoms with Crippen LogP contribution in [-0.2, 0) is 11.2 Å². The van der Waals surface area contributed by atoms with Crippen molar-refractivity contribution < 1.29 is 71.1 Å². The van der Waals surface area contributed by atoms with Crippen LogP contribution in [0, 0.1) is 6.42 Å². The van der Waals surface area contributed by atoms with Crippen LogP contribution < -0.4 is 56.1 Å². The van der Waals surface area contributed by atoms with E-state index in [-0.39, 0.29) is 62.9 Å². The molecule has 0 aliphatic heterocycles. The zero-order valence-corrected chi connectivity index (χ0v) is 19.2. The van der Waals surface area contributed by atoms with Crippen molar-refractivity contribution in [2.75, 3.05) is 6.61 Å². The molecule has 136 valence electrons. The zero-order chi connectivity index (χ0) is 19.1. The SMILES string of the molecule is [CH-]=N/C=C\[CH-]c1cc(Cc2c(Cl)cc(OCC(=O)O)cc2Cl)ccc1O.[K+]. The Labute approximate surface area is 210 Å². The average molecular weight is 431 g/mol. The zero-order valence-electron chi connectivity index (χ0n) is 14.5. The van der Waals surface area contributed by atoms with E-state index in [0.717, 1.165) is 5.56 Å². The number of halogens is 2. The van der Waals surface area contributed by atoms with Crippen molar-refractivity contribution in [3.8, 4) is 11.5 Å². The molecular formula is C19H15Cl2KNO4-. The second-order valence-corrected chi connectivity index (χ2v) is 6.09. The number of aliphatic imine (C=N–C) groups is 1. The van der Waals surface area contributed by atoms with Crippen LogP contribution in [0.25, 0.3) is 0 Å². The smallest absolute Gasteiger partial charge is 0.551 e. The van der Waals surface area contributed by atoms with E-state index < -0.39 is 12.6 Å². The Balaban J connectivity index is 0.00000364. The van der Waals surface area contributed by atoms with Crippen molar-refractivity contribution in [2.45, 2.75) is 6.42 Å². The number of hydrogen-bond acceptors (Lipinski definition) is 4. The van der Waals surface area contributed by atoms with E-state index in [2.05, 4.69) is 4.99 Å². The molecule has 0 spiro atoms. The molecular weight excluding hydrogens is 416 g/mol. The van der Waals surface area contributed by atoms with Gasteiger partial charge in [-0.1, -0.05) is 47.1 Å². The molecule has 2 N–H and O–H groups in total. The van der Waals surface area contributed by atoms with Crippen LogP contribution in [0.1, 0.15) is 16.7 Å². The first kappa shape index (κ1) is 24.0. The fourth-order valence-corrected chi connectivity index (χ4v) is 2.83.